The molecule has 1 saturated heterocycles. The van der Waals surface area contributed by atoms with Gasteiger partial charge in [0.15, 0.2) is 0 Å². The van der Waals surface area contributed by atoms with Crippen LogP contribution in [0.25, 0.3) is 0 Å². The van der Waals surface area contributed by atoms with Crippen LogP contribution in [0, 0.1) is 11.3 Å². The van der Waals surface area contributed by atoms with Crippen LogP contribution < -0.4 is 5.32 Å². The summed E-state index contributed by atoms with van der Waals surface area (Å²) in [6.45, 7) is 8.01. The third kappa shape index (κ3) is 3.02. The van der Waals surface area contributed by atoms with E-state index in [0.29, 0.717) is 19.6 Å². The molecule has 2 atom stereocenters. The number of hydrogen-bond acceptors (Lipinski definition) is 3. The molecule has 2 N–H and O–H groups in total. The molecule has 1 aliphatic rings. The second kappa shape index (κ2) is 6.18. The molecule has 104 valence electrons. The molecule has 0 aliphatic carbocycles. The van der Waals surface area contributed by atoms with E-state index in [-0.39, 0.29) is 11.3 Å². The summed E-state index contributed by atoms with van der Waals surface area (Å²) in [7, 11) is 0. The average molecular weight is 256 g/mol. The van der Waals surface area contributed by atoms with E-state index in [1.54, 1.807) is 11.8 Å². The Balaban J connectivity index is 2.75. The van der Waals surface area contributed by atoms with Crippen molar-refractivity contribution in [3.8, 4) is 0 Å². The van der Waals surface area contributed by atoms with Gasteiger partial charge in [-0.2, -0.15) is 0 Å². The molecule has 0 aromatic carbocycles. The maximum Gasteiger partial charge on any atom is 0.308 e. The second-order valence-corrected chi connectivity index (χ2v) is 5.14. The highest BCUT2D eigenvalue weighted by Gasteiger charge is 2.42. The predicted molar refractivity (Wildman–Crippen MR) is 69.3 cm³/mol. The number of aliphatic carboxylic acids is 1. The number of amides is 1. The van der Waals surface area contributed by atoms with Gasteiger partial charge in [-0.3, -0.25) is 9.59 Å². The summed E-state index contributed by atoms with van der Waals surface area (Å²) in [4.78, 5) is 25.2. The molecular weight excluding hydrogens is 232 g/mol. The van der Waals surface area contributed by atoms with Gasteiger partial charge in [-0.15, -0.1) is 0 Å². The van der Waals surface area contributed by atoms with Crippen LogP contribution in [0.3, 0.4) is 0 Å². The molecular formula is C13H24N2O3. The van der Waals surface area contributed by atoms with Gasteiger partial charge in [0.1, 0.15) is 0 Å². The number of carbonyl (C=O) groups excluding carboxylic acids is 1. The van der Waals surface area contributed by atoms with Crippen molar-refractivity contribution >= 4 is 11.9 Å². The highest BCUT2D eigenvalue weighted by atomic mass is 16.4. The van der Waals surface area contributed by atoms with E-state index in [4.69, 9.17) is 5.11 Å². The van der Waals surface area contributed by atoms with Gasteiger partial charge in [0.2, 0.25) is 5.91 Å². The molecule has 1 amide bonds. The quantitative estimate of drug-likeness (QED) is 0.742. The molecule has 0 bridgehead atoms. The summed E-state index contributed by atoms with van der Waals surface area (Å²) < 4.78 is 0. The van der Waals surface area contributed by atoms with Gasteiger partial charge in [-0.25, -0.2) is 0 Å². The monoisotopic (exact) mass is 256 g/mol. The van der Waals surface area contributed by atoms with Gasteiger partial charge < -0.3 is 15.3 Å². The standard InChI is InChI=1S/C13H24N2O3/c1-4-13(6-7-14-9-13)12(18)15(5-2)8-10(3)11(16)17/h10,14H,4-9H2,1-3H3,(H,16,17). The van der Waals surface area contributed by atoms with E-state index in [1.807, 2.05) is 13.8 Å². The predicted octanol–water partition coefficient (Wildman–Crippen LogP) is 0.945. The fourth-order valence-corrected chi connectivity index (χ4v) is 2.48. The Morgan fingerprint density at radius 1 is 1.44 bits per heavy atom. The van der Waals surface area contributed by atoms with E-state index < -0.39 is 11.9 Å². The second-order valence-electron chi connectivity index (χ2n) is 5.14. The number of carboxylic acids is 1. The number of hydrogen-bond donors (Lipinski definition) is 2. The summed E-state index contributed by atoms with van der Waals surface area (Å²) in [6, 6.07) is 0. The van der Waals surface area contributed by atoms with Crippen molar-refractivity contribution in [3.05, 3.63) is 0 Å². The minimum absolute atomic E-state index is 0.102. The van der Waals surface area contributed by atoms with Crippen LogP contribution in [-0.2, 0) is 9.59 Å². The van der Waals surface area contributed by atoms with Crippen LogP contribution in [0.5, 0.6) is 0 Å². The zero-order valence-corrected chi connectivity index (χ0v) is 11.5. The number of nitrogens with zero attached hydrogens (tertiary/aromatic N) is 1. The van der Waals surface area contributed by atoms with Crippen molar-refractivity contribution in [2.24, 2.45) is 11.3 Å². The van der Waals surface area contributed by atoms with E-state index in [9.17, 15) is 9.59 Å². The van der Waals surface area contributed by atoms with E-state index in [0.717, 1.165) is 19.4 Å². The first-order valence-corrected chi connectivity index (χ1v) is 6.69. The van der Waals surface area contributed by atoms with Crippen molar-refractivity contribution in [1.82, 2.24) is 10.2 Å². The molecule has 0 aromatic heterocycles. The highest BCUT2D eigenvalue weighted by molar-refractivity contribution is 5.84. The van der Waals surface area contributed by atoms with Crippen molar-refractivity contribution in [2.45, 2.75) is 33.6 Å². The Hall–Kier alpha value is -1.10. The van der Waals surface area contributed by atoms with Gasteiger partial charge >= 0.3 is 5.97 Å². The van der Waals surface area contributed by atoms with Crippen molar-refractivity contribution in [3.63, 3.8) is 0 Å². The van der Waals surface area contributed by atoms with Crippen LogP contribution in [0.2, 0.25) is 0 Å². The van der Waals surface area contributed by atoms with E-state index in [1.165, 1.54) is 0 Å². The average Bonchev–Trinajstić information content (AvgIpc) is 2.84. The largest absolute Gasteiger partial charge is 0.481 e. The fourth-order valence-electron chi connectivity index (χ4n) is 2.48. The molecule has 0 spiro atoms. The molecule has 1 fully saturated rings. The smallest absolute Gasteiger partial charge is 0.308 e. The molecule has 0 saturated carbocycles. The molecule has 1 rings (SSSR count). The van der Waals surface area contributed by atoms with E-state index in [2.05, 4.69) is 5.32 Å². The van der Waals surface area contributed by atoms with Gasteiger partial charge in [0.25, 0.3) is 0 Å². The summed E-state index contributed by atoms with van der Waals surface area (Å²) >= 11 is 0. The van der Waals surface area contributed by atoms with Crippen molar-refractivity contribution < 1.29 is 14.7 Å². The molecule has 0 radical (unpaired) electrons. The minimum Gasteiger partial charge on any atom is -0.481 e. The molecule has 1 aliphatic heterocycles. The summed E-state index contributed by atoms with van der Waals surface area (Å²) in [5.74, 6) is -1.26. The zero-order valence-electron chi connectivity index (χ0n) is 11.5. The summed E-state index contributed by atoms with van der Waals surface area (Å²) in [6.07, 6.45) is 1.65. The maximum absolute atomic E-state index is 12.6. The van der Waals surface area contributed by atoms with Crippen LogP contribution in [0.4, 0.5) is 0 Å². The van der Waals surface area contributed by atoms with Gasteiger partial charge in [-0.05, 0) is 26.3 Å². The molecule has 18 heavy (non-hydrogen) atoms. The number of carboxylic acid groups (broad SMARTS) is 1. The molecule has 5 heteroatoms. The SMILES string of the molecule is CCN(CC(C)C(=O)O)C(=O)C1(CC)CCNC1. The Kier molecular flexibility index (Phi) is 5.14. The fraction of sp³-hybridized carbons (Fsp3) is 0.846. The lowest BCUT2D eigenvalue weighted by Gasteiger charge is -2.33. The van der Waals surface area contributed by atoms with Crippen LogP contribution >= 0.6 is 0 Å². The lowest BCUT2D eigenvalue weighted by atomic mass is 9.82. The number of carbonyl (C=O) groups is 2. The Morgan fingerprint density at radius 2 is 2.11 bits per heavy atom. The molecule has 5 nitrogen and oxygen atoms in total. The lowest BCUT2D eigenvalue weighted by molar-refractivity contribution is -0.146. The topological polar surface area (TPSA) is 69.6 Å². The van der Waals surface area contributed by atoms with Gasteiger partial charge in [0, 0.05) is 19.6 Å². The lowest BCUT2D eigenvalue weighted by Crippen LogP contribution is -2.47. The van der Waals surface area contributed by atoms with Crippen LogP contribution in [-0.4, -0.2) is 48.1 Å². The third-order valence-corrected chi connectivity index (χ3v) is 3.96. The first kappa shape index (κ1) is 15.0. The Bertz CT molecular complexity index is 311. The molecule has 0 aromatic rings. The normalized spacial score (nSPS) is 24.8. The highest BCUT2D eigenvalue weighted by Crippen LogP contribution is 2.32. The third-order valence-electron chi connectivity index (χ3n) is 3.96. The number of nitrogens with one attached hydrogen (secondary N) is 1. The van der Waals surface area contributed by atoms with Gasteiger partial charge in [0.05, 0.1) is 11.3 Å². The minimum atomic E-state index is -0.851. The van der Waals surface area contributed by atoms with Gasteiger partial charge in [-0.1, -0.05) is 13.8 Å². The molecule has 2 unspecified atom stereocenters. The summed E-state index contributed by atoms with van der Waals surface area (Å²) in [5, 5.41) is 12.2. The summed E-state index contributed by atoms with van der Waals surface area (Å²) in [5.41, 5.74) is -0.325. The Morgan fingerprint density at radius 3 is 2.50 bits per heavy atom. The maximum atomic E-state index is 12.6. The van der Waals surface area contributed by atoms with Crippen molar-refractivity contribution in [1.29, 1.82) is 0 Å². The Labute approximate surface area is 109 Å². The van der Waals surface area contributed by atoms with Crippen LogP contribution in [0.1, 0.15) is 33.6 Å². The van der Waals surface area contributed by atoms with Crippen molar-refractivity contribution in [2.75, 3.05) is 26.2 Å². The first-order chi connectivity index (χ1) is 8.46. The van der Waals surface area contributed by atoms with Crippen LogP contribution in [0.15, 0.2) is 0 Å². The molecule has 1 heterocycles. The zero-order chi connectivity index (χ0) is 13.8. The number of rotatable bonds is 6. The van der Waals surface area contributed by atoms with E-state index >= 15 is 0 Å². The first-order valence-electron chi connectivity index (χ1n) is 6.69.